The summed E-state index contributed by atoms with van der Waals surface area (Å²) < 4.78 is 5.27. The molecule has 2 aromatic carbocycles. The van der Waals surface area contributed by atoms with Gasteiger partial charge in [0.2, 0.25) is 0 Å². The zero-order chi connectivity index (χ0) is 13.7. The molecule has 0 aliphatic heterocycles. The molecule has 2 rings (SSSR count). The third kappa shape index (κ3) is 3.26. The van der Waals surface area contributed by atoms with E-state index in [0.29, 0.717) is 6.54 Å². The Labute approximate surface area is 113 Å². The van der Waals surface area contributed by atoms with Gasteiger partial charge in [0.25, 0.3) is 0 Å². The molecule has 1 atom stereocenters. The molecule has 100 valence electrons. The minimum Gasteiger partial charge on any atom is -0.495 e. The van der Waals surface area contributed by atoms with Crippen LogP contribution in [0.3, 0.4) is 0 Å². The highest BCUT2D eigenvalue weighted by molar-refractivity contribution is 5.56. The number of nitrogens with one attached hydrogen (secondary N) is 1. The molecular weight excluding hydrogens is 238 g/mol. The first-order valence-corrected chi connectivity index (χ1v) is 6.28. The molecule has 0 aromatic heterocycles. The van der Waals surface area contributed by atoms with Gasteiger partial charge in [-0.15, -0.1) is 0 Å². The second kappa shape index (κ2) is 5.76. The molecule has 0 heterocycles. The van der Waals surface area contributed by atoms with Crippen molar-refractivity contribution >= 4 is 5.69 Å². The molecule has 19 heavy (non-hydrogen) atoms. The van der Waals surface area contributed by atoms with E-state index >= 15 is 0 Å². The second-order valence-electron chi connectivity index (χ2n) is 4.69. The first-order valence-electron chi connectivity index (χ1n) is 6.28. The van der Waals surface area contributed by atoms with Crippen molar-refractivity contribution < 1.29 is 9.84 Å². The van der Waals surface area contributed by atoms with Crippen LogP contribution in [0.2, 0.25) is 0 Å². The summed E-state index contributed by atoms with van der Waals surface area (Å²) in [6, 6.07) is 17.3. The average Bonchev–Trinajstić information content (AvgIpc) is 2.46. The Kier molecular flexibility index (Phi) is 4.07. The predicted molar refractivity (Wildman–Crippen MR) is 77.5 cm³/mol. The molecular formula is C16H19NO2. The number of anilines is 1. The van der Waals surface area contributed by atoms with Crippen molar-refractivity contribution in [1.82, 2.24) is 0 Å². The zero-order valence-electron chi connectivity index (χ0n) is 11.3. The fourth-order valence-corrected chi connectivity index (χ4v) is 1.96. The minimum atomic E-state index is -0.928. The van der Waals surface area contributed by atoms with Crippen LogP contribution in [0.15, 0.2) is 54.6 Å². The van der Waals surface area contributed by atoms with Gasteiger partial charge in [0.1, 0.15) is 11.4 Å². The average molecular weight is 257 g/mol. The molecule has 1 unspecified atom stereocenters. The van der Waals surface area contributed by atoms with Gasteiger partial charge in [-0.1, -0.05) is 42.5 Å². The zero-order valence-corrected chi connectivity index (χ0v) is 11.3. The van der Waals surface area contributed by atoms with Crippen LogP contribution < -0.4 is 10.1 Å². The van der Waals surface area contributed by atoms with Crippen LogP contribution in [-0.2, 0) is 5.60 Å². The van der Waals surface area contributed by atoms with E-state index < -0.39 is 5.60 Å². The fourth-order valence-electron chi connectivity index (χ4n) is 1.96. The maximum Gasteiger partial charge on any atom is 0.141 e. The molecule has 0 saturated carbocycles. The lowest BCUT2D eigenvalue weighted by molar-refractivity contribution is 0.0715. The van der Waals surface area contributed by atoms with Gasteiger partial charge in [0, 0.05) is 6.54 Å². The van der Waals surface area contributed by atoms with Crippen molar-refractivity contribution in [2.45, 2.75) is 12.5 Å². The molecule has 0 aliphatic carbocycles. The maximum absolute atomic E-state index is 10.5. The van der Waals surface area contributed by atoms with Crippen LogP contribution in [-0.4, -0.2) is 18.8 Å². The summed E-state index contributed by atoms with van der Waals surface area (Å²) in [5, 5.41) is 13.7. The van der Waals surface area contributed by atoms with E-state index in [4.69, 9.17) is 4.74 Å². The van der Waals surface area contributed by atoms with Gasteiger partial charge >= 0.3 is 0 Å². The van der Waals surface area contributed by atoms with E-state index in [0.717, 1.165) is 17.0 Å². The molecule has 0 amide bonds. The van der Waals surface area contributed by atoms with Gasteiger partial charge in [-0.25, -0.2) is 0 Å². The smallest absolute Gasteiger partial charge is 0.141 e. The summed E-state index contributed by atoms with van der Waals surface area (Å²) >= 11 is 0. The van der Waals surface area contributed by atoms with E-state index in [1.54, 1.807) is 14.0 Å². The minimum absolute atomic E-state index is 0.414. The Balaban J connectivity index is 2.10. The highest BCUT2D eigenvalue weighted by atomic mass is 16.5. The van der Waals surface area contributed by atoms with Crippen LogP contribution in [0, 0.1) is 0 Å². The first-order chi connectivity index (χ1) is 9.13. The second-order valence-corrected chi connectivity index (χ2v) is 4.69. The SMILES string of the molecule is COc1ccccc1NCC(C)(O)c1ccccc1. The first kappa shape index (κ1) is 13.4. The summed E-state index contributed by atoms with van der Waals surface area (Å²) in [5.41, 5.74) is 0.834. The van der Waals surface area contributed by atoms with Gasteiger partial charge < -0.3 is 15.2 Å². The number of aliphatic hydroxyl groups is 1. The van der Waals surface area contributed by atoms with Gasteiger partial charge in [-0.05, 0) is 24.6 Å². The molecule has 0 fully saturated rings. The molecule has 3 heteroatoms. The highest BCUT2D eigenvalue weighted by Gasteiger charge is 2.22. The van der Waals surface area contributed by atoms with Gasteiger partial charge in [0.15, 0.2) is 0 Å². The fraction of sp³-hybridized carbons (Fsp3) is 0.250. The van der Waals surface area contributed by atoms with E-state index in [1.165, 1.54) is 0 Å². The van der Waals surface area contributed by atoms with E-state index in [2.05, 4.69) is 5.32 Å². The topological polar surface area (TPSA) is 41.5 Å². The quantitative estimate of drug-likeness (QED) is 0.865. The Morgan fingerprint density at radius 1 is 1.05 bits per heavy atom. The number of para-hydroxylation sites is 2. The number of rotatable bonds is 5. The van der Waals surface area contributed by atoms with Gasteiger partial charge in [0.05, 0.1) is 12.8 Å². The molecule has 0 saturated heterocycles. The molecule has 0 radical (unpaired) electrons. The molecule has 0 bridgehead atoms. The monoisotopic (exact) mass is 257 g/mol. The molecule has 3 nitrogen and oxygen atoms in total. The van der Waals surface area contributed by atoms with Crippen molar-refractivity contribution in [3.05, 3.63) is 60.2 Å². The lowest BCUT2D eigenvalue weighted by Gasteiger charge is -2.25. The number of hydrogen-bond acceptors (Lipinski definition) is 3. The number of benzene rings is 2. The third-order valence-corrected chi connectivity index (χ3v) is 3.13. The van der Waals surface area contributed by atoms with Crippen molar-refractivity contribution in [2.75, 3.05) is 19.0 Å². The predicted octanol–water partition coefficient (Wildman–Crippen LogP) is 3.01. The van der Waals surface area contributed by atoms with Crippen molar-refractivity contribution in [3.8, 4) is 5.75 Å². The Hall–Kier alpha value is -2.00. The lowest BCUT2D eigenvalue weighted by Crippen LogP contribution is -2.30. The summed E-state index contributed by atoms with van der Waals surface area (Å²) in [5.74, 6) is 0.770. The van der Waals surface area contributed by atoms with Crippen LogP contribution >= 0.6 is 0 Å². The largest absolute Gasteiger partial charge is 0.495 e. The third-order valence-electron chi connectivity index (χ3n) is 3.13. The van der Waals surface area contributed by atoms with Crippen molar-refractivity contribution in [3.63, 3.8) is 0 Å². The van der Waals surface area contributed by atoms with Gasteiger partial charge in [-0.3, -0.25) is 0 Å². The highest BCUT2D eigenvalue weighted by Crippen LogP contribution is 2.26. The Morgan fingerprint density at radius 2 is 1.68 bits per heavy atom. The van der Waals surface area contributed by atoms with Gasteiger partial charge in [-0.2, -0.15) is 0 Å². The Morgan fingerprint density at radius 3 is 2.37 bits per heavy atom. The van der Waals surface area contributed by atoms with Crippen LogP contribution in [0.1, 0.15) is 12.5 Å². The number of methoxy groups -OCH3 is 1. The normalized spacial score (nSPS) is 13.6. The van der Waals surface area contributed by atoms with E-state index in [-0.39, 0.29) is 0 Å². The van der Waals surface area contributed by atoms with Crippen LogP contribution in [0.25, 0.3) is 0 Å². The van der Waals surface area contributed by atoms with Crippen molar-refractivity contribution in [1.29, 1.82) is 0 Å². The summed E-state index contributed by atoms with van der Waals surface area (Å²) in [4.78, 5) is 0. The lowest BCUT2D eigenvalue weighted by atomic mass is 9.96. The Bertz CT molecular complexity index is 523. The maximum atomic E-state index is 10.5. The standard InChI is InChI=1S/C16H19NO2/c1-16(18,13-8-4-3-5-9-13)12-17-14-10-6-7-11-15(14)19-2/h3-11,17-18H,12H2,1-2H3. The van der Waals surface area contributed by atoms with E-state index in [9.17, 15) is 5.11 Å². The number of hydrogen-bond donors (Lipinski definition) is 2. The molecule has 0 spiro atoms. The number of ether oxygens (including phenoxy) is 1. The van der Waals surface area contributed by atoms with Crippen LogP contribution in [0.5, 0.6) is 5.75 Å². The summed E-state index contributed by atoms with van der Waals surface area (Å²) in [7, 11) is 1.63. The molecule has 0 aliphatic rings. The van der Waals surface area contributed by atoms with Crippen molar-refractivity contribution in [2.24, 2.45) is 0 Å². The summed E-state index contributed by atoms with van der Waals surface area (Å²) in [6.45, 7) is 2.21. The van der Waals surface area contributed by atoms with E-state index in [1.807, 2.05) is 54.6 Å². The molecule has 2 aromatic rings. The molecule has 2 N–H and O–H groups in total. The summed E-state index contributed by atoms with van der Waals surface area (Å²) in [6.07, 6.45) is 0. The van der Waals surface area contributed by atoms with Crippen LogP contribution in [0.4, 0.5) is 5.69 Å².